The maximum absolute atomic E-state index is 13.8. The average molecular weight is 436 g/mol. The van der Waals surface area contributed by atoms with Crippen molar-refractivity contribution in [3.8, 4) is 11.4 Å². The van der Waals surface area contributed by atoms with Crippen molar-refractivity contribution >= 4 is 17.5 Å². The summed E-state index contributed by atoms with van der Waals surface area (Å²) in [6.45, 7) is 4.95. The normalized spacial score (nSPS) is 18.7. The molecule has 0 unspecified atom stereocenters. The Bertz CT molecular complexity index is 1040. The second-order valence-electron chi connectivity index (χ2n) is 8.11. The predicted octanol–water partition coefficient (Wildman–Crippen LogP) is 4.77. The van der Waals surface area contributed by atoms with E-state index in [1.165, 1.54) is 0 Å². The van der Waals surface area contributed by atoms with Gasteiger partial charge in [0.2, 0.25) is 0 Å². The molecule has 0 aliphatic carbocycles. The highest BCUT2D eigenvalue weighted by Crippen LogP contribution is 2.31. The molecule has 3 aromatic rings. The molecule has 3 heterocycles. The first kappa shape index (κ1) is 21.4. The van der Waals surface area contributed by atoms with Gasteiger partial charge in [-0.25, -0.2) is 19.9 Å². The van der Waals surface area contributed by atoms with Crippen LogP contribution in [-0.2, 0) is 6.42 Å². The van der Waals surface area contributed by atoms with Crippen LogP contribution in [0.5, 0.6) is 0 Å². The average Bonchev–Trinajstić information content (AvgIpc) is 2.79. The summed E-state index contributed by atoms with van der Waals surface area (Å²) >= 11 is 5.91. The standard InChI is InChI=1S/C24H26ClN5O/c1-16-7-4-13-30(20(16)9-10-21-28-14-18(25)15-29-21)24(31)22-17(2)6-3-8-19(22)23-26-11-5-12-27-23/h3,5-6,8,11-12,14-16,20H,4,7,9-10,13H2,1-2H3/t16-,20-/m1/s1. The molecule has 0 spiro atoms. The van der Waals surface area contributed by atoms with Crippen molar-refractivity contribution < 1.29 is 4.79 Å². The molecule has 2 aromatic heterocycles. The fourth-order valence-electron chi connectivity index (χ4n) is 4.41. The molecule has 1 aromatic carbocycles. The summed E-state index contributed by atoms with van der Waals surface area (Å²) in [5.41, 5.74) is 2.41. The van der Waals surface area contributed by atoms with Crippen molar-refractivity contribution in [3.05, 3.63) is 71.0 Å². The molecular formula is C24H26ClN5O. The minimum Gasteiger partial charge on any atom is -0.335 e. The molecule has 1 saturated heterocycles. The first-order valence-electron chi connectivity index (χ1n) is 10.7. The summed E-state index contributed by atoms with van der Waals surface area (Å²) in [7, 11) is 0. The monoisotopic (exact) mass is 435 g/mol. The third kappa shape index (κ3) is 4.74. The van der Waals surface area contributed by atoms with Crippen LogP contribution in [0.25, 0.3) is 11.4 Å². The second-order valence-corrected chi connectivity index (χ2v) is 8.55. The van der Waals surface area contributed by atoms with Gasteiger partial charge < -0.3 is 4.90 Å². The van der Waals surface area contributed by atoms with E-state index in [0.717, 1.165) is 42.8 Å². The van der Waals surface area contributed by atoms with Crippen molar-refractivity contribution in [3.63, 3.8) is 0 Å². The van der Waals surface area contributed by atoms with Gasteiger partial charge in [0.15, 0.2) is 5.82 Å². The van der Waals surface area contributed by atoms with Crippen molar-refractivity contribution in [2.45, 2.75) is 45.6 Å². The van der Waals surface area contributed by atoms with Crippen LogP contribution in [0.2, 0.25) is 5.02 Å². The molecular weight excluding hydrogens is 410 g/mol. The third-order valence-electron chi connectivity index (χ3n) is 6.01. The van der Waals surface area contributed by atoms with Gasteiger partial charge in [0, 0.05) is 49.4 Å². The number of hydrogen-bond donors (Lipinski definition) is 0. The minimum atomic E-state index is 0.0501. The maximum Gasteiger partial charge on any atom is 0.255 e. The minimum absolute atomic E-state index is 0.0501. The topological polar surface area (TPSA) is 71.9 Å². The molecule has 31 heavy (non-hydrogen) atoms. The van der Waals surface area contributed by atoms with Crippen LogP contribution in [0.1, 0.15) is 47.9 Å². The number of carbonyl (C=O) groups is 1. The summed E-state index contributed by atoms with van der Waals surface area (Å²) in [5, 5.41) is 0.529. The fourth-order valence-corrected chi connectivity index (χ4v) is 4.50. The Hall–Kier alpha value is -2.86. The molecule has 0 radical (unpaired) electrons. The number of likely N-dealkylation sites (tertiary alicyclic amines) is 1. The molecule has 2 atom stereocenters. The van der Waals surface area contributed by atoms with Gasteiger partial charge in [-0.3, -0.25) is 4.79 Å². The molecule has 6 nitrogen and oxygen atoms in total. The van der Waals surface area contributed by atoms with E-state index in [1.807, 2.05) is 30.0 Å². The van der Waals surface area contributed by atoms with Crippen molar-refractivity contribution in [2.24, 2.45) is 5.92 Å². The maximum atomic E-state index is 13.8. The van der Waals surface area contributed by atoms with Crippen LogP contribution in [0.15, 0.2) is 49.1 Å². The molecule has 7 heteroatoms. The highest BCUT2D eigenvalue weighted by molar-refractivity contribution is 6.30. The molecule has 1 amide bonds. The number of carbonyl (C=O) groups excluding carboxylic acids is 1. The van der Waals surface area contributed by atoms with Crippen LogP contribution in [0.3, 0.4) is 0 Å². The largest absolute Gasteiger partial charge is 0.335 e. The van der Waals surface area contributed by atoms with E-state index in [1.54, 1.807) is 30.9 Å². The summed E-state index contributed by atoms with van der Waals surface area (Å²) in [6.07, 6.45) is 10.3. The number of benzene rings is 1. The Labute approximate surface area is 187 Å². The van der Waals surface area contributed by atoms with Crippen LogP contribution in [0, 0.1) is 12.8 Å². The van der Waals surface area contributed by atoms with Gasteiger partial charge in [-0.15, -0.1) is 0 Å². The van der Waals surface area contributed by atoms with Gasteiger partial charge in [-0.2, -0.15) is 0 Å². The molecule has 1 aliphatic heterocycles. The summed E-state index contributed by atoms with van der Waals surface area (Å²) in [5.74, 6) is 1.79. The second kappa shape index (κ2) is 9.52. The molecule has 4 rings (SSSR count). The number of piperidine rings is 1. The summed E-state index contributed by atoms with van der Waals surface area (Å²) in [4.78, 5) is 33.3. The number of amides is 1. The van der Waals surface area contributed by atoms with Crippen molar-refractivity contribution in [1.29, 1.82) is 0 Å². The molecule has 0 bridgehead atoms. The Morgan fingerprint density at radius 3 is 2.61 bits per heavy atom. The van der Waals surface area contributed by atoms with Gasteiger partial charge in [-0.1, -0.05) is 36.7 Å². The van der Waals surface area contributed by atoms with Crippen LogP contribution in [0.4, 0.5) is 0 Å². The third-order valence-corrected chi connectivity index (χ3v) is 6.20. The fraction of sp³-hybridized carbons (Fsp3) is 0.375. The lowest BCUT2D eigenvalue weighted by Crippen LogP contribution is -2.48. The van der Waals surface area contributed by atoms with E-state index in [0.29, 0.717) is 28.7 Å². The Morgan fingerprint density at radius 1 is 1.13 bits per heavy atom. The Kier molecular flexibility index (Phi) is 6.56. The number of nitrogens with zero attached hydrogens (tertiary/aromatic N) is 5. The Morgan fingerprint density at radius 2 is 1.87 bits per heavy atom. The molecule has 0 N–H and O–H groups in total. The van der Waals surface area contributed by atoms with Gasteiger partial charge >= 0.3 is 0 Å². The van der Waals surface area contributed by atoms with E-state index in [9.17, 15) is 4.79 Å². The van der Waals surface area contributed by atoms with Gasteiger partial charge in [0.05, 0.1) is 10.6 Å². The molecule has 1 aliphatic rings. The van der Waals surface area contributed by atoms with Crippen molar-refractivity contribution in [2.75, 3.05) is 6.54 Å². The first-order valence-corrected chi connectivity index (χ1v) is 11.1. The zero-order valence-electron chi connectivity index (χ0n) is 17.8. The van der Waals surface area contributed by atoms with E-state index >= 15 is 0 Å². The number of hydrogen-bond acceptors (Lipinski definition) is 5. The number of aromatic nitrogens is 4. The van der Waals surface area contributed by atoms with Crippen molar-refractivity contribution in [1.82, 2.24) is 24.8 Å². The lowest BCUT2D eigenvalue weighted by Gasteiger charge is -2.40. The number of rotatable bonds is 5. The lowest BCUT2D eigenvalue weighted by atomic mass is 9.86. The predicted molar refractivity (Wildman–Crippen MR) is 121 cm³/mol. The number of halogens is 1. The van der Waals surface area contributed by atoms with Gasteiger partial charge in [0.1, 0.15) is 5.82 Å². The molecule has 1 fully saturated rings. The van der Waals surface area contributed by atoms with E-state index < -0.39 is 0 Å². The van der Waals surface area contributed by atoms with Gasteiger partial charge in [-0.05, 0) is 43.7 Å². The van der Waals surface area contributed by atoms with Crippen LogP contribution < -0.4 is 0 Å². The van der Waals surface area contributed by atoms with Gasteiger partial charge in [0.25, 0.3) is 5.91 Å². The highest BCUT2D eigenvalue weighted by Gasteiger charge is 2.34. The summed E-state index contributed by atoms with van der Waals surface area (Å²) in [6, 6.07) is 7.77. The van der Waals surface area contributed by atoms with E-state index in [-0.39, 0.29) is 11.9 Å². The van der Waals surface area contributed by atoms with Crippen LogP contribution >= 0.6 is 11.6 Å². The van der Waals surface area contributed by atoms with E-state index in [4.69, 9.17) is 11.6 Å². The van der Waals surface area contributed by atoms with E-state index in [2.05, 4.69) is 26.9 Å². The first-order chi connectivity index (χ1) is 15.0. The highest BCUT2D eigenvalue weighted by atomic mass is 35.5. The summed E-state index contributed by atoms with van der Waals surface area (Å²) < 4.78 is 0. The zero-order valence-corrected chi connectivity index (χ0v) is 18.6. The lowest BCUT2D eigenvalue weighted by molar-refractivity contribution is 0.0498. The SMILES string of the molecule is Cc1cccc(-c2ncccn2)c1C(=O)N1CCC[C@@H](C)[C@H]1CCc1ncc(Cl)cn1. The quantitative estimate of drug-likeness (QED) is 0.577. The van der Waals surface area contributed by atoms with Crippen LogP contribution in [-0.4, -0.2) is 43.3 Å². The number of aryl methyl sites for hydroxylation is 2. The molecule has 160 valence electrons. The Balaban J connectivity index is 1.62. The zero-order chi connectivity index (χ0) is 21.8. The molecule has 0 saturated carbocycles. The smallest absolute Gasteiger partial charge is 0.255 e.